The van der Waals surface area contributed by atoms with E-state index in [1.807, 2.05) is 25.1 Å². The zero-order valence-electron chi connectivity index (χ0n) is 14.7. The van der Waals surface area contributed by atoms with Crippen LogP contribution in [-0.4, -0.2) is 11.8 Å². The lowest BCUT2D eigenvalue weighted by Crippen LogP contribution is -2.20. The van der Waals surface area contributed by atoms with Gasteiger partial charge in [0.2, 0.25) is 0 Å². The summed E-state index contributed by atoms with van der Waals surface area (Å²) in [6, 6.07) is 7.43. The van der Waals surface area contributed by atoms with E-state index in [1.54, 1.807) is 6.07 Å². The van der Waals surface area contributed by atoms with Crippen LogP contribution >= 0.6 is 11.3 Å². The maximum absolute atomic E-state index is 12.6. The zero-order valence-corrected chi connectivity index (χ0v) is 15.5. The van der Waals surface area contributed by atoms with E-state index in [4.69, 9.17) is 5.73 Å². The number of nitrogens with two attached hydrogens (primary N) is 1. The lowest BCUT2D eigenvalue weighted by Gasteiger charge is -2.21. The fourth-order valence-corrected chi connectivity index (χ4v) is 5.02. The molecule has 0 saturated heterocycles. The Morgan fingerprint density at radius 2 is 2.08 bits per heavy atom. The summed E-state index contributed by atoms with van der Waals surface area (Å²) in [5, 5.41) is 3.53. The van der Waals surface area contributed by atoms with Gasteiger partial charge in [-0.05, 0) is 49.3 Å². The van der Waals surface area contributed by atoms with E-state index in [2.05, 4.69) is 12.2 Å². The van der Waals surface area contributed by atoms with Crippen molar-refractivity contribution in [2.45, 2.75) is 46.0 Å². The van der Waals surface area contributed by atoms with E-state index in [0.717, 1.165) is 30.4 Å². The molecule has 1 atom stereocenters. The van der Waals surface area contributed by atoms with Gasteiger partial charge in [-0.25, -0.2) is 0 Å². The molecule has 3 rings (SSSR count). The van der Waals surface area contributed by atoms with Crippen LogP contribution in [0.15, 0.2) is 24.3 Å². The summed E-state index contributed by atoms with van der Waals surface area (Å²) in [7, 11) is 0. The highest BCUT2D eigenvalue weighted by Crippen LogP contribution is 2.40. The van der Waals surface area contributed by atoms with Gasteiger partial charge in [-0.2, -0.15) is 0 Å². The number of carbonyl (C=O) groups excluding carboxylic acids is 2. The molecule has 1 heterocycles. The molecular weight excluding hydrogens is 332 g/mol. The molecular formula is C20H24N2O2S. The number of fused-ring (bicyclic) bond motifs is 1. The summed E-state index contributed by atoms with van der Waals surface area (Å²) in [6.45, 7) is 4.10. The summed E-state index contributed by atoms with van der Waals surface area (Å²) in [5.41, 5.74) is 8.72. The van der Waals surface area contributed by atoms with Crippen LogP contribution in [0.25, 0.3) is 0 Å². The third-order valence-corrected chi connectivity index (χ3v) is 6.10. The number of benzene rings is 1. The number of thiophene rings is 1. The lowest BCUT2D eigenvalue weighted by molar-refractivity contribution is 0.1000. The minimum atomic E-state index is -0.452. The molecule has 0 unspecified atom stereocenters. The Bertz CT molecular complexity index is 810. The van der Waals surface area contributed by atoms with Crippen LogP contribution in [0.2, 0.25) is 0 Å². The molecule has 0 fully saturated rings. The van der Waals surface area contributed by atoms with E-state index < -0.39 is 5.91 Å². The number of primary amides is 1. The second kappa shape index (κ2) is 7.40. The summed E-state index contributed by atoms with van der Waals surface area (Å²) >= 11 is 1.52. The van der Waals surface area contributed by atoms with Crippen molar-refractivity contribution in [1.29, 1.82) is 0 Å². The Labute approximate surface area is 152 Å². The third kappa shape index (κ3) is 3.61. The summed E-state index contributed by atoms with van der Waals surface area (Å²) in [4.78, 5) is 25.9. The van der Waals surface area contributed by atoms with Gasteiger partial charge in [0.1, 0.15) is 5.00 Å². The monoisotopic (exact) mass is 356 g/mol. The Balaban J connectivity index is 1.90. The molecule has 0 saturated carbocycles. The van der Waals surface area contributed by atoms with Gasteiger partial charge in [0, 0.05) is 10.4 Å². The quantitative estimate of drug-likeness (QED) is 0.838. The SMILES string of the molecule is CCC[C@H]1CCc2c(sc(NC(=O)c3ccccc3C)c2C(N)=O)C1. The average molecular weight is 356 g/mol. The number of hydrogen-bond donors (Lipinski definition) is 2. The third-order valence-electron chi connectivity index (χ3n) is 4.93. The Morgan fingerprint density at radius 3 is 2.76 bits per heavy atom. The molecule has 25 heavy (non-hydrogen) atoms. The Hall–Kier alpha value is -2.14. The molecule has 2 amide bonds. The summed E-state index contributed by atoms with van der Waals surface area (Å²) < 4.78 is 0. The van der Waals surface area contributed by atoms with Crippen LogP contribution in [0.1, 0.15) is 62.9 Å². The fourth-order valence-electron chi connectivity index (χ4n) is 3.66. The maximum Gasteiger partial charge on any atom is 0.256 e. The normalized spacial score (nSPS) is 16.3. The first-order valence-electron chi connectivity index (χ1n) is 8.82. The zero-order chi connectivity index (χ0) is 18.0. The van der Waals surface area contributed by atoms with Gasteiger partial charge in [-0.15, -0.1) is 11.3 Å². The fraction of sp³-hybridized carbons (Fsp3) is 0.400. The first-order chi connectivity index (χ1) is 12.0. The molecule has 1 aliphatic rings. The standard InChI is InChI=1S/C20H24N2O2S/c1-3-6-13-9-10-15-16(11-13)25-20(17(15)18(21)23)22-19(24)14-8-5-4-7-12(14)2/h4-5,7-8,13H,3,6,9-11H2,1-2H3,(H2,21,23)(H,22,24)/t13-/m0/s1. The number of anilines is 1. The van der Waals surface area contributed by atoms with Crippen molar-refractivity contribution in [2.24, 2.45) is 11.7 Å². The van der Waals surface area contributed by atoms with Crippen molar-refractivity contribution in [1.82, 2.24) is 0 Å². The molecule has 0 spiro atoms. The largest absolute Gasteiger partial charge is 0.365 e. The molecule has 0 aliphatic heterocycles. The van der Waals surface area contributed by atoms with Crippen molar-refractivity contribution >= 4 is 28.2 Å². The number of rotatable bonds is 5. The van der Waals surface area contributed by atoms with Crippen LogP contribution < -0.4 is 11.1 Å². The molecule has 4 nitrogen and oxygen atoms in total. The Morgan fingerprint density at radius 1 is 1.32 bits per heavy atom. The smallest absolute Gasteiger partial charge is 0.256 e. The second-order valence-corrected chi connectivity index (χ2v) is 7.84. The molecule has 5 heteroatoms. The second-order valence-electron chi connectivity index (χ2n) is 6.74. The first kappa shape index (κ1) is 17.7. The molecule has 1 aliphatic carbocycles. The Kier molecular flexibility index (Phi) is 5.23. The number of hydrogen-bond acceptors (Lipinski definition) is 3. The molecule has 0 bridgehead atoms. The predicted octanol–water partition coefficient (Wildman–Crippen LogP) is 4.31. The molecule has 1 aromatic heterocycles. The number of nitrogens with one attached hydrogen (secondary N) is 1. The van der Waals surface area contributed by atoms with Crippen LogP contribution in [-0.2, 0) is 12.8 Å². The van der Waals surface area contributed by atoms with Gasteiger partial charge < -0.3 is 11.1 Å². The average Bonchev–Trinajstić information content (AvgIpc) is 2.92. The van der Waals surface area contributed by atoms with Crippen molar-refractivity contribution < 1.29 is 9.59 Å². The van der Waals surface area contributed by atoms with Crippen molar-refractivity contribution in [3.05, 3.63) is 51.4 Å². The highest BCUT2D eigenvalue weighted by molar-refractivity contribution is 7.17. The van der Waals surface area contributed by atoms with Gasteiger partial charge in [0.25, 0.3) is 11.8 Å². The minimum absolute atomic E-state index is 0.190. The van der Waals surface area contributed by atoms with Gasteiger partial charge in [0.05, 0.1) is 5.56 Å². The topological polar surface area (TPSA) is 72.2 Å². The van der Waals surface area contributed by atoms with Gasteiger partial charge >= 0.3 is 0 Å². The molecule has 0 radical (unpaired) electrons. The maximum atomic E-state index is 12.6. The molecule has 132 valence electrons. The number of carbonyl (C=O) groups is 2. The van der Waals surface area contributed by atoms with Crippen molar-refractivity contribution in [3.8, 4) is 0 Å². The van der Waals surface area contributed by atoms with Crippen LogP contribution in [0.5, 0.6) is 0 Å². The van der Waals surface area contributed by atoms with Crippen LogP contribution in [0.3, 0.4) is 0 Å². The highest BCUT2D eigenvalue weighted by atomic mass is 32.1. The van der Waals surface area contributed by atoms with Crippen molar-refractivity contribution in [2.75, 3.05) is 5.32 Å². The minimum Gasteiger partial charge on any atom is -0.365 e. The molecule has 1 aromatic carbocycles. The number of aryl methyl sites for hydroxylation is 1. The predicted molar refractivity (Wildman–Crippen MR) is 102 cm³/mol. The van der Waals surface area contributed by atoms with Gasteiger partial charge in [-0.3, -0.25) is 9.59 Å². The van der Waals surface area contributed by atoms with Crippen molar-refractivity contribution in [3.63, 3.8) is 0 Å². The van der Waals surface area contributed by atoms with E-state index in [-0.39, 0.29) is 5.91 Å². The van der Waals surface area contributed by atoms with Crippen LogP contribution in [0, 0.1) is 12.8 Å². The highest BCUT2D eigenvalue weighted by Gasteiger charge is 2.28. The molecule has 2 aromatic rings. The van der Waals surface area contributed by atoms with Crippen LogP contribution in [0.4, 0.5) is 5.00 Å². The van der Waals surface area contributed by atoms with Gasteiger partial charge in [0.15, 0.2) is 0 Å². The van der Waals surface area contributed by atoms with E-state index in [9.17, 15) is 9.59 Å². The van der Waals surface area contributed by atoms with E-state index >= 15 is 0 Å². The van der Waals surface area contributed by atoms with Gasteiger partial charge in [-0.1, -0.05) is 38.0 Å². The first-order valence-corrected chi connectivity index (χ1v) is 9.64. The van der Waals surface area contributed by atoms with E-state index in [0.29, 0.717) is 22.0 Å². The number of amides is 2. The molecule has 3 N–H and O–H groups in total. The van der Waals surface area contributed by atoms with E-state index in [1.165, 1.54) is 29.1 Å². The lowest BCUT2D eigenvalue weighted by atomic mass is 9.84. The summed E-state index contributed by atoms with van der Waals surface area (Å²) in [5.74, 6) is 0.0210. The summed E-state index contributed by atoms with van der Waals surface area (Å²) in [6.07, 6.45) is 5.31.